The van der Waals surface area contributed by atoms with E-state index in [-0.39, 0.29) is 29.9 Å². The highest BCUT2D eigenvalue weighted by atomic mass is 16.7. The van der Waals surface area contributed by atoms with Gasteiger partial charge in [0.25, 0.3) is 11.6 Å². The maximum atomic E-state index is 12.7. The third kappa shape index (κ3) is 7.55. The molecule has 1 amide bonds. The van der Waals surface area contributed by atoms with Crippen LogP contribution in [-0.2, 0) is 14.3 Å². The molecule has 0 aliphatic carbocycles. The molecule has 10 nitrogen and oxygen atoms in total. The number of amides is 1. The van der Waals surface area contributed by atoms with Gasteiger partial charge in [0.05, 0.1) is 11.5 Å². The van der Waals surface area contributed by atoms with Gasteiger partial charge in [0, 0.05) is 38.1 Å². The Labute approximate surface area is 191 Å². The third-order valence-corrected chi connectivity index (χ3v) is 5.04. The Bertz CT molecular complexity index is 936. The van der Waals surface area contributed by atoms with Crippen LogP contribution in [0.5, 0.6) is 0 Å². The molecule has 1 aliphatic rings. The number of carbonyl (C=O) groups is 1. The molecule has 1 aromatic carbocycles. The number of benzene rings is 1. The van der Waals surface area contributed by atoms with Crippen LogP contribution in [0.25, 0.3) is 0 Å². The lowest BCUT2D eigenvalue weighted by Gasteiger charge is -2.29. The number of unbranched alkanes of at least 4 members (excludes halogenated alkanes) is 1. The molecular weight excluding hydrogens is 428 g/mol. The number of anilines is 1. The van der Waals surface area contributed by atoms with Crippen molar-refractivity contribution in [3.63, 3.8) is 0 Å². The van der Waals surface area contributed by atoms with E-state index in [0.717, 1.165) is 5.56 Å². The minimum atomic E-state index is -0.554. The average Bonchev–Trinajstić information content (AvgIpc) is 2.85. The summed E-state index contributed by atoms with van der Waals surface area (Å²) in [5, 5.41) is 25.4. The molecule has 0 saturated carbocycles. The molecule has 2 aromatic rings. The van der Waals surface area contributed by atoms with Gasteiger partial charge in [0.15, 0.2) is 5.76 Å². The number of pyridine rings is 1. The normalized spacial score (nSPS) is 17.5. The van der Waals surface area contributed by atoms with Crippen LogP contribution < -0.4 is 10.6 Å². The summed E-state index contributed by atoms with van der Waals surface area (Å²) in [6, 6.07) is 12.7. The molecule has 3 rings (SSSR count). The number of carbonyl (C=O) groups excluding carboxylic acids is 1. The Morgan fingerprint density at radius 1 is 1.21 bits per heavy atom. The first-order chi connectivity index (χ1) is 16.1. The first-order valence-electron chi connectivity index (χ1n) is 10.8. The number of ether oxygens (including phenoxy) is 2. The molecule has 2 heterocycles. The molecule has 1 aromatic heterocycles. The molecule has 3 N–H and O–H groups in total. The summed E-state index contributed by atoms with van der Waals surface area (Å²) in [5.74, 6) is 0.309. The van der Waals surface area contributed by atoms with Gasteiger partial charge in [-0.1, -0.05) is 30.3 Å². The van der Waals surface area contributed by atoms with Gasteiger partial charge in [-0.05, 0) is 30.5 Å². The number of aliphatic hydroxyl groups excluding tert-OH is 1. The molecule has 0 saturated heterocycles. The lowest BCUT2D eigenvalue weighted by molar-refractivity contribution is -0.385. The van der Waals surface area contributed by atoms with Gasteiger partial charge < -0.3 is 25.2 Å². The lowest BCUT2D eigenvalue weighted by atomic mass is 9.93. The first-order valence-corrected chi connectivity index (χ1v) is 10.8. The van der Waals surface area contributed by atoms with Gasteiger partial charge in [-0.3, -0.25) is 14.9 Å². The van der Waals surface area contributed by atoms with Crippen molar-refractivity contribution in [2.24, 2.45) is 0 Å². The second-order valence-corrected chi connectivity index (χ2v) is 7.47. The zero-order chi connectivity index (χ0) is 23.5. The van der Waals surface area contributed by atoms with Crippen molar-refractivity contribution in [3.05, 3.63) is 76.2 Å². The predicted octanol–water partition coefficient (Wildman–Crippen LogP) is 2.72. The van der Waals surface area contributed by atoms with Crippen LogP contribution in [0.15, 0.2) is 60.5 Å². The molecule has 33 heavy (non-hydrogen) atoms. The van der Waals surface area contributed by atoms with Crippen LogP contribution in [0.3, 0.4) is 0 Å². The smallest absolute Gasteiger partial charge is 0.287 e. The van der Waals surface area contributed by atoms with Crippen molar-refractivity contribution in [3.8, 4) is 0 Å². The maximum absolute atomic E-state index is 12.7. The number of hydrogen-bond acceptors (Lipinski definition) is 8. The molecule has 176 valence electrons. The highest BCUT2D eigenvalue weighted by molar-refractivity contribution is 5.91. The SMILES string of the molecule is O=C(NCCNc1ccc([N+](=O)[O-])cn1)C1=C[C@H](c2ccccc2)C[C@H](OCCCCO)O1. The monoisotopic (exact) mass is 456 g/mol. The van der Waals surface area contributed by atoms with E-state index in [1.54, 1.807) is 0 Å². The zero-order valence-electron chi connectivity index (χ0n) is 18.2. The fourth-order valence-corrected chi connectivity index (χ4v) is 3.33. The van der Waals surface area contributed by atoms with Crippen LogP contribution in [0.4, 0.5) is 11.5 Å². The molecule has 0 fully saturated rings. The van der Waals surface area contributed by atoms with Gasteiger partial charge >= 0.3 is 0 Å². The second kappa shape index (κ2) is 12.5. The summed E-state index contributed by atoms with van der Waals surface area (Å²) in [6.45, 7) is 1.23. The van der Waals surface area contributed by atoms with Crippen LogP contribution >= 0.6 is 0 Å². The van der Waals surface area contributed by atoms with Crippen molar-refractivity contribution in [1.29, 1.82) is 0 Å². The van der Waals surface area contributed by atoms with Crippen LogP contribution in [-0.4, -0.2) is 53.5 Å². The van der Waals surface area contributed by atoms with Crippen LogP contribution in [0.1, 0.15) is 30.7 Å². The van der Waals surface area contributed by atoms with Crippen molar-refractivity contribution in [2.75, 3.05) is 31.6 Å². The largest absolute Gasteiger partial charge is 0.459 e. The number of nitro groups is 1. The Morgan fingerprint density at radius 3 is 2.73 bits per heavy atom. The summed E-state index contributed by atoms with van der Waals surface area (Å²) in [5.41, 5.74) is 0.984. The molecule has 0 bridgehead atoms. The molecule has 1 aliphatic heterocycles. The Kier molecular flexibility index (Phi) is 9.16. The average molecular weight is 456 g/mol. The Balaban J connectivity index is 1.54. The highest BCUT2D eigenvalue weighted by Gasteiger charge is 2.28. The summed E-state index contributed by atoms with van der Waals surface area (Å²) < 4.78 is 11.6. The third-order valence-electron chi connectivity index (χ3n) is 5.04. The molecule has 0 unspecified atom stereocenters. The first kappa shape index (κ1) is 24.1. The van der Waals surface area contributed by atoms with E-state index in [1.807, 2.05) is 36.4 Å². The summed E-state index contributed by atoms with van der Waals surface area (Å²) in [4.78, 5) is 26.9. The number of rotatable bonds is 12. The highest BCUT2D eigenvalue weighted by Crippen LogP contribution is 2.31. The number of aromatic nitrogens is 1. The quantitative estimate of drug-likeness (QED) is 0.252. The van der Waals surface area contributed by atoms with E-state index < -0.39 is 11.2 Å². The number of nitrogens with one attached hydrogen (secondary N) is 2. The van der Waals surface area contributed by atoms with E-state index in [0.29, 0.717) is 44.8 Å². The predicted molar refractivity (Wildman–Crippen MR) is 121 cm³/mol. The zero-order valence-corrected chi connectivity index (χ0v) is 18.2. The molecule has 0 spiro atoms. The summed E-state index contributed by atoms with van der Waals surface area (Å²) in [6.07, 6.45) is 4.37. The van der Waals surface area contributed by atoms with Crippen LogP contribution in [0, 0.1) is 10.1 Å². The minimum Gasteiger partial charge on any atom is -0.459 e. The van der Waals surface area contributed by atoms with E-state index in [9.17, 15) is 14.9 Å². The number of nitrogens with zero attached hydrogens (tertiary/aromatic N) is 2. The number of allylic oxidation sites excluding steroid dienone is 1. The Morgan fingerprint density at radius 2 is 2.03 bits per heavy atom. The van der Waals surface area contributed by atoms with Gasteiger partial charge in [-0.25, -0.2) is 4.98 Å². The molecule has 10 heteroatoms. The van der Waals surface area contributed by atoms with Gasteiger partial charge in [0.1, 0.15) is 12.0 Å². The van der Waals surface area contributed by atoms with Crippen LogP contribution in [0.2, 0.25) is 0 Å². The van der Waals surface area contributed by atoms with Gasteiger partial charge in [0.2, 0.25) is 6.29 Å². The van der Waals surface area contributed by atoms with Crippen molar-refractivity contribution >= 4 is 17.4 Å². The number of hydrogen-bond donors (Lipinski definition) is 3. The van der Waals surface area contributed by atoms with Gasteiger partial charge in [-0.2, -0.15) is 0 Å². The molecule has 2 atom stereocenters. The van der Waals surface area contributed by atoms with Gasteiger partial charge in [-0.15, -0.1) is 0 Å². The summed E-state index contributed by atoms with van der Waals surface area (Å²) in [7, 11) is 0. The minimum absolute atomic E-state index is 0.0222. The molecular formula is C23H28N4O6. The van der Waals surface area contributed by atoms with E-state index in [1.165, 1.54) is 18.3 Å². The maximum Gasteiger partial charge on any atom is 0.287 e. The van der Waals surface area contributed by atoms with Crippen molar-refractivity contribution < 1.29 is 24.3 Å². The van der Waals surface area contributed by atoms with Crippen molar-refractivity contribution in [1.82, 2.24) is 10.3 Å². The standard InChI is InChI=1S/C23H28N4O6/c28-12-4-5-13-32-22-15-18(17-6-2-1-3-7-17)14-20(33-22)23(29)25-11-10-24-21-9-8-19(16-26-21)27(30)31/h1-3,6-9,14,16,18,22,28H,4-5,10-13,15H2,(H,24,26)(H,25,29)/t18-,22+/m0/s1. The molecule has 0 radical (unpaired) electrons. The Hall–Kier alpha value is -3.50. The lowest BCUT2D eigenvalue weighted by Crippen LogP contribution is -2.35. The second-order valence-electron chi connectivity index (χ2n) is 7.47. The van der Waals surface area contributed by atoms with E-state index >= 15 is 0 Å². The number of aliphatic hydroxyl groups is 1. The summed E-state index contributed by atoms with van der Waals surface area (Å²) >= 11 is 0. The topological polar surface area (TPSA) is 136 Å². The van der Waals surface area contributed by atoms with E-state index in [4.69, 9.17) is 14.6 Å². The van der Waals surface area contributed by atoms with Crippen molar-refractivity contribution in [2.45, 2.75) is 31.5 Å². The fourth-order valence-electron chi connectivity index (χ4n) is 3.33. The fraction of sp³-hybridized carbons (Fsp3) is 0.391. The van der Waals surface area contributed by atoms with E-state index in [2.05, 4.69) is 15.6 Å².